The van der Waals surface area contributed by atoms with Gasteiger partial charge in [-0.3, -0.25) is 4.90 Å². The first-order valence-electron chi connectivity index (χ1n) is 6.84. The Bertz CT molecular complexity index is 364. The van der Waals surface area contributed by atoms with Crippen LogP contribution < -0.4 is 5.32 Å². The van der Waals surface area contributed by atoms with Crippen molar-refractivity contribution in [3.63, 3.8) is 0 Å². The molecule has 18 heavy (non-hydrogen) atoms. The third-order valence-corrected chi connectivity index (χ3v) is 3.75. The van der Waals surface area contributed by atoms with Crippen LogP contribution in [0, 0.1) is 0 Å². The van der Waals surface area contributed by atoms with Gasteiger partial charge in [-0.1, -0.05) is 24.6 Å². The van der Waals surface area contributed by atoms with E-state index < -0.39 is 0 Å². The van der Waals surface area contributed by atoms with Crippen LogP contribution in [0.3, 0.4) is 0 Å². The first kappa shape index (κ1) is 13.8. The molecule has 0 aliphatic carbocycles. The number of nitrogens with one attached hydrogen (secondary N) is 1. The van der Waals surface area contributed by atoms with Crippen molar-refractivity contribution in [1.29, 1.82) is 0 Å². The lowest BCUT2D eigenvalue weighted by atomic mass is 10.2. The van der Waals surface area contributed by atoms with Crippen molar-refractivity contribution in [2.75, 3.05) is 19.6 Å². The van der Waals surface area contributed by atoms with E-state index in [1.807, 2.05) is 6.07 Å². The van der Waals surface area contributed by atoms with Crippen LogP contribution in [0.4, 0.5) is 0 Å². The summed E-state index contributed by atoms with van der Waals surface area (Å²) in [5, 5.41) is 4.19. The topological polar surface area (TPSA) is 28.2 Å². The maximum atomic E-state index is 6.13. The van der Waals surface area contributed by atoms with Gasteiger partial charge in [-0.05, 0) is 38.4 Å². The minimum atomic E-state index is 0.637. The average molecular weight is 268 g/mol. The summed E-state index contributed by atoms with van der Waals surface area (Å²) >= 11 is 6.13. The Balaban J connectivity index is 1.94. The van der Waals surface area contributed by atoms with Crippen molar-refractivity contribution in [3.8, 4) is 0 Å². The molecule has 0 spiro atoms. The second-order valence-electron chi connectivity index (χ2n) is 4.98. The van der Waals surface area contributed by atoms with Gasteiger partial charge in [-0.15, -0.1) is 0 Å². The highest BCUT2D eigenvalue weighted by Crippen LogP contribution is 2.16. The number of nitrogens with zero attached hydrogens (tertiary/aromatic N) is 2. The molecule has 0 amide bonds. The van der Waals surface area contributed by atoms with E-state index in [4.69, 9.17) is 11.6 Å². The molecule has 1 atom stereocenters. The Hall–Kier alpha value is -0.640. The predicted molar refractivity (Wildman–Crippen MR) is 75.8 cm³/mol. The smallest absolute Gasteiger partial charge is 0.133 e. The Morgan fingerprint density at radius 2 is 2.44 bits per heavy atom. The lowest BCUT2D eigenvalue weighted by Crippen LogP contribution is -2.37. The van der Waals surface area contributed by atoms with E-state index in [1.54, 1.807) is 6.20 Å². The van der Waals surface area contributed by atoms with Crippen LogP contribution in [0.2, 0.25) is 5.15 Å². The second kappa shape index (κ2) is 7.07. The SMILES string of the molecule is CCCN(Cc1cccnc1Cl)CC1CCCN1. The van der Waals surface area contributed by atoms with E-state index in [0.29, 0.717) is 11.2 Å². The third kappa shape index (κ3) is 3.94. The molecule has 0 aromatic carbocycles. The number of aromatic nitrogens is 1. The summed E-state index contributed by atoms with van der Waals surface area (Å²) in [7, 11) is 0. The summed E-state index contributed by atoms with van der Waals surface area (Å²) in [6.45, 7) is 6.51. The highest BCUT2D eigenvalue weighted by molar-refractivity contribution is 6.30. The van der Waals surface area contributed by atoms with E-state index in [1.165, 1.54) is 19.3 Å². The van der Waals surface area contributed by atoms with Gasteiger partial charge in [-0.2, -0.15) is 0 Å². The van der Waals surface area contributed by atoms with Crippen LogP contribution in [-0.4, -0.2) is 35.6 Å². The Kier molecular flexibility index (Phi) is 5.42. The maximum Gasteiger partial charge on any atom is 0.133 e. The zero-order valence-electron chi connectivity index (χ0n) is 11.0. The molecular weight excluding hydrogens is 246 g/mol. The molecule has 1 aromatic heterocycles. The fourth-order valence-electron chi connectivity index (χ4n) is 2.55. The number of pyridine rings is 1. The average Bonchev–Trinajstić information content (AvgIpc) is 2.85. The van der Waals surface area contributed by atoms with Crippen LogP contribution in [-0.2, 0) is 6.54 Å². The van der Waals surface area contributed by atoms with Gasteiger partial charge in [-0.25, -0.2) is 4.98 Å². The largest absolute Gasteiger partial charge is 0.313 e. The lowest BCUT2D eigenvalue weighted by molar-refractivity contribution is 0.241. The molecule has 0 bridgehead atoms. The number of hydrogen-bond acceptors (Lipinski definition) is 3. The zero-order valence-corrected chi connectivity index (χ0v) is 11.8. The first-order valence-corrected chi connectivity index (χ1v) is 7.22. The third-order valence-electron chi connectivity index (χ3n) is 3.41. The van der Waals surface area contributed by atoms with Gasteiger partial charge in [0.15, 0.2) is 0 Å². The van der Waals surface area contributed by atoms with Gasteiger partial charge in [0.25, 0.3) is 0 Å². The van der Waals surface area contributed by atoms with Crippen LogP contribution in [0.5, 0.6) is 0 Å². The minimum Gasteiger partial charge on any atom is -0.313 e. The molecule has 1 aliphatic heterocycles. The van der Waals surface area contributed by atoms with Gasteiger partial charge in [0.1, 0.15) is 5.15 Å². The minimum absolute atomic E-state index is 0.637. The summed E-state index contributed by atoms with van der Waals surface area (Å²) in [5.41, 5.74) is 1.13. The highest BCUT2D eigenvalue weighted by Gasteiger charge is 2.18. The van der Waals surface area contributed by atoms with Crippen molar-refractivity contribution in [3.05, 3.63) is 29.0 Å². The molecule has 1 unspecified atom stereocenters. The van der Waals surface area contributed by atoms with Gasteiger partial charge >= 0.3 is 0 Å². The lowest BCUT2D eigenvalue weighted by Gasteiger charge is -2.25. The number of halogens is 1. The summed E-state index contributed by atoms with van der Waals surface area (Å²) in [5.74, 6) is 0. The fraction of sp³-hybridized carbons (Fsp3) is 0.643. The maximum absolute atomic E-state index is 6.13. The van der Waals surface area contributed by atoms with Gasteiger partial charge in [0, 0.05) is 30.9 Å². The molecule has 1 aliphatic rings. The van der Waals surface area contributed by atoms with Crippen molar-refractivity contribution in [1.82, 2.24) is 15.2 Å². The number of hydrogen-bond donors (Lipinski definition) is 1. The Morgan fingerprint density at radius 1 is 1.56 bits per heavy atom. The highest BCUT2D eigenvalue weighted by atomic mass is 35.5. The van der Waals surface area contributed by atoms with E-state index in [2.05, 4.69) is 28.2 Å². The van der Waals surface area contributed by atoms with Crippen LogP contribution in [0.1, 0.15) is 31.7 Å². The molecule has 1 aromatic rings. The molecule has 2 heterocycles. The normalized spacial score (nSPS) is 19.6. The summed E-state index contributed by atoms with van der Waals surface area (Å²) in [6.07, 6.45) is 5.51. The van der Waals surface area contributed by atoms with E-state index in [-0.39, 0.29) is 0 Å². The van der Waals surface area contributed by atoms with Gasteiger partial charge in [0.2, 0.25) is 0 Å². The summed E-state index contributed by atoms with van der Waals surface area (Å²) in [6, 6.07) is 4.67. The summed E-state index contributed by atoms with van der Waals surface area (Å²) in [4.78, 5) is 6.63. The van der Waals surface area contributed by atoms with Gasteiger partial charge < -0.3 is 5.32 Å². The molecule has 100 valence electrons. The van der Waals surface area contributed by atoms with Crippen LogP contribution in [0.25, 0.3) is 0 Å². The van der Waals surface area contributed by atoms with Gasteiger partial charge in [0.05, 0.1) is 0 Å². The molecule has 0 saturated carbocycles. The molecule has 2 rings (SSSR count). The molecule has 1 fully saturated rings. The van der Waals surface area contributed by atoms with Crippen LogP contribution in [0.15, 0.2) is 18.3 Å². The van der Waals surface area contributed by atoms with Crippen molar-refractivity contribution < 1.29 is 0 Å². The molecule has 3 nitrogen and oxygen atoms in total. The van der Waals surface area contributed by atoms with E-state index in [9.17, 15) is 0 Å². The van der Waals surface area contributed by atoms with Crippen molar-refractivity contribution in [2.45, 2.75) is 38.8 Å². The Morgan fingerprint density at radius 3 is 3.11 bits per heavy atom. The summed E-state index contributed by atoms with van der Waals surface area (Å²) < 4.78 is 0. The van der Waals surface area contributed by atoms with Crippen molar-refractivity contribution >= 4 is 11.6 Å². The second-order valence-corrected chi connectivity index (χ2v) is 5.34. The molecule has 1 saturated heterocycles. The Labute approximate surface area is 115 Å². The van der Waals surface area contributed by atoms with E-state index >= 15 is 0 Å². The fourth-order valence-corrected chi connectivity index (χ4v) is 2.73. The molecule has 0 radical (unpaired) electrons. The van der Waals surface area contributed by atoms with E-state index in [0.717, 1.165) is 31.7 Å². The zero-order chi connectivity index (χ0) is 12.8. The molecular formula is C14H22ClN3. The monoisotopic (exact) mass is 267 g/mol. The number of rotatable bonds is 6. The molecule has 4 heteroatoms. The van der Waals surface area contributed by atoms with Crippen molar-refractivity contribution in [2.24, 2.45) is 0 Å². The first-order chi connectivity index (χ1) is 8.79. The quantitative estimate of drug-likeness (QED) is 0.804. The molecule has 1 N–H and O–H groups in total. The van der Waals surface area contributed by atoms with Crippen LogP contribution >= 0.6 is 11.6 Å². The standard InChI is InChI=1S/C14H22ClN3/c1-2-9-18(11-13-6-4-7-16-13)10-12-5-3-8-17-14(12)15/h3,5,8,13,16H,2,4,6-7,9-11H2,1H3. The predicted octanol–water partition coefficient (Wildman–Crippen LogP) is 2.70.